The number of anilines is 2. The zero-order valence-corrected chi connectivity index (χ0v) is 18.5. The lowest BCUT2D eigenvalue weighted by molar-refractivity contribution is 0.0989. The van der Waals surface area contributed by atoms with Gasteiger partial charge in [0.2, 0.25) is 0 Å². The molecule has 1 aliphatic heterocycles. The highest BCUT2D eigenvalue weighted by Gasteiger charge is 2.26. The van der Waals surface area contributed by atoms with E-state index in [-0.39, 0.29) is 10.8 Å². The van der Waals surface area contributed by atoms with Crippen LogP contribution in [0.25, 0.3) is 0 Å². The van der Waals surface area contributed by atoms with Crippen molar-refractivity contribution >= 4 is 43.2 Å². The maximum atomic E-state index is 13.1. The van der Waals surface area contributed by atoms with Crippen LogP contribution in [0.3, 0.4) is 0 Å². The van der Waals surface area contributed by atoms with Crippen LogP contribution in [-0.2, 0) is 16.4 Å². The smallest absolute Gasteiger partial charge is 0.261 e. The van der Waals surface area contributed by atoms with Gasteiger partial charge in [0.1, 0.15) is 5.75 Å². The summed E-state index contributed by atoms with van der Waals surface area (Å²) in [6.45, 7) is 0.577. The summed E-state index contributed by atoms with van der Waals surface area (Å²) in [4.78, 5) is 14.8. The number of nitrogens with zero attached hydrogens (tertiary/aromatic N) is 1. The SMILES string of the molecule is COc1ccc(NS(=O)(=O)c2cccc(C(=O)N3CCc4ccccc43)c2)cc1Br. The average Bonchev–Trinajstić information content (AvgIpc) is 3.17. The van der Waals surface area contributed by atoms with Gasteiger partial charge in [0.05, 0.1) is 22.2 Å². The highest BCUT2D eigenvalue weighted by Crippen LogP contribution is 2.30. The van der Waals surface area contributed by atoms with Gasteiger partial charge >= 0.3 is 0 Å². The number of sulfonamides is 1. The minimum atomic E-state index is -3.87. The number of carbonyl (C=O) groups excluding carboxylic acids is 1. The van der Waals surface area contributed by atoms with E-state index >= 15 is 0 Å². The molecule has 154 valence electrons. The third-order valence-electron chi connectivity index (χ3n) is 4.93. The Balaban J connectivity index is 1.60. The summed E-state index contributed by atoms with van der Waals surface area (Å²) < 4.78 is 34.1. The van der Waals surface area contributed by atoms with E-state index in [0.29, 0.717) is 28.0 Å². The summed E-state index contributed by atoms with van der Waals surface area (Å²) in [5, 5.41) is 0. The van der Waals surface area contributed by atoms with Gasteiger partial charge in [-0.15, -0.1) is 0 Å². The maximum Gasteiger partial charge on any atom is 0.261 e. The van der Waals surface area contributed by atoms with E-state index in [1.165, 1.54) is 19.2 Å². The highest BCUT2D eigenvalue weighted by molar-refractivity contribution is 9.10. The van der Waals surface area contributed by atoms with Crippen molar-refractivity contribution in [3.8, 4) is 5.75 Å². The van der Waals surface area contributed by atoms with E-state index in [4.69, 9.17) is 4.74 Å². The van der Waals surface area contributed by atoms with Crippen molar-refractivity contribution in [2.45, 2.75) is 11.3 Å². The molecule has 6 nitrogen and oxygen atoms in total. The standard InChI is InChI=1S/C22H19BrN2O4S/c1-29-21-10-9-17(14-19(21)23)24-30(27,28)18-7-4-6-16(13-18)22(26)25-12-11-15-5-2-3-8-20(15)25/h2-10,13-14,24H,11-12H2,1H3. The lowest BCUT2D eigenvalue weighted by Crippen LogP contribution is -2.29. The van der Waals surface area contributed by atoms with Crippen LogP contribution in [-0.4, -0.2) is 28.0 Å². The van der Waals surface area contributed by atoms with Crippen LogP contribution in [0.2, 0.25) is 0 Å². The van der Waals surface area contributed by atoms with Gasteiger partial charge in [0, 0.05) is 17.8 Å². The van der Waals surface area contributed by atoms with Crippen LogP contribution in [0, 0.1) is 0 Å². The number of hydrogen-bond acceptors (Lipinski definition) is 4. The molecular formula is C22H19BrN2O4S. The van der Waals surface area contributed by atoms with Gasteiger partial charge in [-0.3, -0.25) is 9.52 Å². The topological polar surface area (TPSA) is 75.7 Å². The first kappa shape index (κ1) is 20.4. The van der Waals surface area contributed by atoms with Crippen LogP contribution >= 0.6 is 15.9 Å². The molecule has 0 spiro atoms. The second-order valence-electron chi connectivity index (χ2n) is 6.82. The number of halogens is 1. The molecule has 0 bridgehead atoms. The van der Waals surface area contributed by atoms with Crippen molar-refractivity contribution in [2.75, 3.05) is 23.3 Å². The van der Waals surface area contributed by atoms with E-state index < -0.39 is 10.0 Å². The van der Waals surface area contributed by atoms with Crippen LogP contribution in [0.4, 0.5) is 11.4 Å². The number of benzene rings is 3. The van der Waals surface area contributed by atoms with E-state index in [1.54, 1.807) is 35.2 Å². The van der Waals surface area contributed by atoms with Crippen molar-refractivity contribution in [1.82, 2.24) is 0 Å². The van der Waals surface area contributed by atoms with Crippen molar-refractivity contribution in [3.63, 3.8) is 0 Å². The predicted molar refractivity (Wildman–Crippen MR) is 120 cm³/mol. The Labute approximate surface area is 183 Å². The molecule has 30 heavy (non-hydrogen) atoms. The Morgan fingerprint density at radius 3 is 2.63 bits per heavy atom. The minimum absolute atomic E-state index is 0.0211. The molecule has 0 saturated carbocycles. The Bertz CT molecular complexity index is 1230. The Kier molecular flexibility index (Phi) is 5.53. The fourth-order valence-corrected chi connectivity index (χ4v) is 5.08. The first-order chi connectivity index (χ1) is 14.4. The summed E-state index contributed by atoms with van der Waals surface area (Å²) in [5.74, 6) is 0.376. The zero-order chi connectivity index (χ0) is 21.3. The molecule has 1 N–H and O–H groups in total. The summed E-state index contributed by atoms with van der Waals surface area (Å²) in [5.41, 5.74) is 2.69. The number of amides is 1. The van der Waals surface area contributed by atoms with Crippen molar-refractivity contribution in [3.05, 3.63) is 82.3 Å². The molecule has 1 heterocycles. The molecule has 3 aromatic carbocycles. The quantitative estimate of drug-likeness (QED) is 0.577. The van der Waals surface area contributed by atoms with Crippen LogP contribution in [0.15, 0.2) is 76.1 Å². The average molecular weight is 487 g/mol. The largest absolute Gasteiger partial charge is 0.496 e. The molecular weight excluding hydrogens is 468 g/mol. The third-order valence-corrected chi connectivity index (χ3v) is 6.93. The van der Waals surface area contributed by atoms with Gasteiger partial charge < -0.3 is 9.64 Å². The van der Waals surface area contributed by atoms with E-state index in [1.807, 2.05) is 24.3 Å². The fraction of sp³-hybridized carbons (Fsp3) is 0.136. The minimum Gasteiger partial charge on any atom is -0.496 e. The Hall–Kier alpha value is -2.84. The molecule has 8 heteroatoms. The number of hydrogen-bond donors (Lipinski definition) is 1. The van der Waals surface area contributed by atoms with E-state index in [2.05, 4.69) is 20.7 Å². The van der Waals surface area contributed by atoms with Gasteiger partial charge in [0.25, 0.3) is 15.9 Å². The second-order valence-corrected chi connectivity index (χ2v) is 9.35. The molecule has 4 rings (SSSR count). The van der Waals surface area contributed by atoms with Gasteiger partial charge in [-0.1, -0.05) is 24.3 Å². The number of rotatable bonds is 5. The lowest BCUT2D eigenvalue weighted by atomic mass is 10.1. The van der Waals surface area contributed by atoms with E-state index in [0.717, 1.165) is 17.7 Å². The van der Waals surface area contributed by atoms with Crippen molar-refractivity contribution in [2.24, 2.45) is 0 Å². The Morgan fingerprint density at radius 2 is 1.87 bits per heavy atom. The molecule has 1 aliphatic rings. The second kappa shape index (κ2) is 8.12. The van der Waals surface area contributed by atoms with Gasteiger partial charge in [-0.2, -0.15) is 0 Å². The van der Waals surface area contributed by atoms with Crippen LogP contribution in [0.5, 0.6) is 5.75 Å². The normalized spacial score (nSPS) is 13.1. The summed E-state index contributed by atoms with van der Waals surface area (Å²) in [6, 6.07) is 18.7. The molecule has 0 aromatic heterocycles. The van der Waals surface area contributed by atoms with Gasteiger partial charge in [-0.25, -0.2) is 8.42 Å². The van der Waals surface area contributed by atoms with E-state index in [9.17, 15) is 13.2 Å². The first-order valence-corrected chi connectivity index (χ1v) is 11.5. The summed E-state index contributed by atoms with van der Waals surface area (Å²) in [6.07, 6.45) is 0.786. The molecule has 0 saturated heterocycles. The number of carbonyl (C=O) groups is 1. The van der Waals surface area contributed by atoms with Crippen molar-refractivity contribution in [1.29, 1.82) is 0 Å². The van der Waals surface area contributed by atoms with Gasteiger partial charge in [-0.05, 0) is 70.4 Å². The number of nitrogens with one attached hydrogen (secondary N) is 1. The summed E-state index contributed by atoms with van der Waals surface area (Å²) in [7, 11) is -2.34. The van der Waals surface area contributed by atoms with Gasteiger partial charge in [0.15, 0.2) is 0 Å². The molecule has 0 atom stereocenters. The molecule has 0 aliphatic carbocycles. The first-order valence-electron chi connectivity index (χ1n) is 9.25. The molecule has 3 aromatic rings. The van der Waals surface area contributed by atoms with Crippen LogP contribution in [0.1, 0.15) is 15.9 Å². The number of fused-ring (bicyclic) bond motifs is 1. The number of para-hydroxylation sites is 1. The monoisotopic (exact) mass is 486 g/mol. The maximum absolute atomic E-state index is 13.1. The Morgan fingerprint density at radius 1 is 1.07 bits per heavy atom. The zero-order valence-electron chi connectivity index (χ0n) is 16.1. The van der Waals surface area contributed by atoms with Crippen molar-refractivity contribution < 1.29 is 17.9 Å². The molecule has 0 fully saturated rings. The highest BCUT2D eigenvalue weighted by atomic mass is 79.9. The third kappa shape index (κ3) is 3.93. The lowest BCUT2D eigenvalue weighted by Gasteiger charge is -2.18. The number of ether oxygens (including phenoxy) is 1. The summed E-state index contributed by atoms with van der Waals surface area (Å²) >= 11 is 3.34. The molecule has 0 unspecified atom stereocenters. The predicted octanol–water partition coefficient (Wildman–Crippen LogP) is 4.46. The number of methoxy groups -OCH3 is 1. The molecule has 0 radical (unpaired) electrons. The fourth-order valence-electron chi connectivity index (χ4n) is 3.45. The van der Waals surface area contributed by atoms with Crippen LogP contribution < -0.4 is 14.4 Å². The molecule has 1 amide bonds.